The first kappa shape index (κ1) is 20.4. The maximum atomic E-state index is 13.1. The minimum Gasteiger partial charge on any atom is -0.297 e. The Morgan fingerprint density at radius 1 is 1.13 bits per heavy atom. The third-order valence-electron chi connectivity index (χ3n) is 4.60. The molecule has 1 aromatic carbocycles. The number of carbonyl (C=O) groups excluding carboxylic acids is 2. The van der Waals surface area contributed by atoms with Crippen molar-refractivity contribution < 1.29 is 14.0 Å². The number of nitrogens with zero attached hydrogens (tertiary/aromatic N) is 3. The standard InChI is InChI=1S/C21H19FN4O2S2/c1-12-3-9-17(29-12)19-13(2)30-21(23-19)24-20(28)16-8-10-18(27)26(25-16)11-14-4-6-15(22)7-5-14/h3-7,9H,8,10-11H2,1-2H3,(H,23,24,28). The van der Waals surface area contributed by atoms with Crippen LogP contribution in [0.2, 0.25) is 0 Å². The van der Waals surface area contributed by atoms with E-state index in [4.69, 9.17) is 0 Å². The highest BCUT2D eigenvalue weighted by atomic mass is 32.1. The first-order chi connectivity index (χ1) is 14.4. The largest absolute Gasteiger partial charge is 0.297 e. The highest BCUT2D eigenvalue weighted by Crippen LogP contribution is 2.34. The molecule has 3 heterocycles. The summed E-state index contributed by atoms with van der Waals surface area (Å²) in [4.78, 5) is 32.8. The number of rotatable bonds is 5. The molecule has 0 saturated carbocycles. The number of aryl methyl sites for hydroxylation is 2. The average Bonchev–Trinajstić information content (AvgIpc) is 3.30. The van der Waals surface area contributed by atoms with Crippen LogP contribution >= 0.6 is 22.7 Å². The van der Waals surface area contributed by atoms with Crippen molar-refractivity contribution >= 4 is 45.3 Å². The SMILES string of the molecule is Cc1ccc(-c2nc(NC(=O)C3=NN(Cc4ccc(F)cc4)C(=O)CC3)sc2C)s1. The molecular weight excluding hydrogens is 423 g/mol. The Kier molecular flexibility index (Phi) is 5.74. The summed E-state index contributed by atoms with van der Waals surface area (Å²) in [5.74, 6) is -0.881. The number of hydrazone groups is 1. The lowest BCUT2D eigenvalue weighted by Crippen LogP contribution is -2.36. The van der Waals surface area contributed by atoms with Gasteiger partial charge in [0.25, 0.3) is 5.91 Å². The summed E-state index contributed by atoms with van der Waals surface area (Å²) in [6.45, 7) is 4.20. The van der Waals surface area contributed by atoms with Crippen LogP contribution in [0.4, 0.5) is 9.52 Å². The van der Waals surface area contributed by atoms with Crippen LogP contribution in [0, 0.1) is 19.7 Å². The summed E-state index contributed by atoms with van der Waals surface area (Å²) in [5, 5.41) is 8.82. The van der Waals surface area contributed by atoms with Crippen molar-refractivity contribution in [1.29, 1.82) is 0 Å². The maximum Gasteiger partial charge on any atom is 0.273 e. The molecule has 1 aliphatic rings. The van der Waals surface area contributed by atoms with Gasteiger partial charge in [-0.3, -0.25) is 14.9 Å². The molecule has 0 spiro atoms. The molecule has 6 nitrogen and oxygen atoms in total. The summed E-state index contributed by atoms with van der Waals surface area (Å²) < 4.78 is 13.1. The highest BCUT2D eigenvalue weighted by molar-refractivity contribution is 7.18. The van der Waals surface area contributed by atoms with Crippen LogP contribution in [0.15, 0.2) is 41.5 Å². The van der Waals surface area contributed by atoms with Gasteiger partial charge in [-0.1, -0.05) is 12.1 Å². The molecule has 0 aliphatic carbocycles. The number of halogens is 1. The smallest absolute Gasteiger partial charge is 0.273 e. The van der Waals surface area contributed by atoms with Crippen LogP contribution in [0.25, 0.3) is 10.6 Å². The monoisotopic (exact) mass is 442 g/mol. The second-order valence-corrected chi connectivity index (χ2v) is 9.40. The molecule has 2 amide bonds. The Hall–Kier alpha value is -2.91. The molecule has 30 heavy (non-hydrogen) atoms. The van der Waals surface area contributed by atoms with E-state index in [2.05, 4.69) is 15.4 Å². The molecule has 0 unspecified atom stereocenters. The van der Waals surface area contributed by atoms with Gasteiger partial charge < -0.3 is 0 Å². The highest BCUT2D eigenvalue weighted by Gasteiger charge is 2.25. The van der Waals surface area contributed by atoms with E-state index >= 15 is 0 Å². The van der Waals surface area contributed by atoms with E-state index in [1.807, 2.05) is 26.0 Å². The van der Waals surface area contributed by atoms with Crippen LogP contribution < -0.4 is 5.32 Å². The van der Waals surface area contributed by atoms with Crippen molar-refractivity contribution in [2.75, 3.05) is 5.32 Å². The molecule has 0 bridgehead atoms. The van der Waals surface area contributed by atoms with Crippen LogP contribution in [0.3, 0.4) is 0 Å². The van der Waals surface area contributed by atoms with Gasteiger partial charge in [0.05, 0.1) is 17.1 Å². The van der Waals surface area contributed by atoms with Gasteiger partial charge in [-0.05, 0) is 43.7 Å². The lowest BCUT2D eigenvalue weighted by molar-refractivity contribution is -0.132. The van der Waals surface area contributed by atoms with Crippen molar-refractivity contribution in [2.24, 2.45) is 5.10 Å². The number of hydrogen-bond acceptors (Lipinski definition) is 6. The average molecular weight is 443 g/mol. The maximum absolute atomic E-state index is 13.1. The van der Waals surface area contributed by atoms with Gasteiger partial charge in [-0.15, -0.1) is 22.7 Å². The molecule has 2 aromatic heterocycles. The summed E-state index contributed by atoms with van der Waals surface area (Å²) in [7, 11) is 0. The molecule has 1 N–H and O–H groups in total. The number of thiazole rings is 1. The first-order valence-corrected chi connectivity index (χ1v) is 11.0. The van der Waals surface area contributed by atoms with Gasteiger partial charge >= 0.3 is 0 Å². The number of carbonyl (C=O) groups is 2. The van der Waals surface area contributed by atoms with E-state index in [1.165, 1.54) is 33.4 Å². The Labute approximate surface area is 181 Å². The van der Waals surface area contributed by atoms with Gasteiger partial charge in [-0.25, -0.2) is 14.4 Å². The van der Waals surface area contributed by atoms with Crippen molar-refractivity contribution in [2.45, 2.75) is 33.2 Å². The summed E-state index contributed by atoms with van der Waals surface area (Å²) in [5.41, 5.74) is 1.88. The number of aromatic nitrogens is 1. The van der Waals surface area contributed by atoms with E-state index in [9.17, 15) is 14.0 Å². The lowest BCUT2D eigenvalue weighted by Gasteiger charge is -2.23. The zero-order chi connectivity index (χ0) is 21.3. The summed E-state index contributed by atoms with van der Waals surface area (Å²) in [6, 6.07) is 9.92. The summed E-state index contributed by atoms with van der Waals surface area (Å²) >= 11 is 3.07. The zero-order valence-corrected chi connectivity index (χ0v) is 18.1. The fourth-order valence-corrected chi connectivity index (χ4v) is 4.86. The van der Waals surface area contributed by atoms with E-state index < -0.39 is 0 Å². The van der Waals surface area contributed by atoms with Crippen molar-refractivity contribution in [1.82, 2.24) is 9.99 Å². The number of thiophene rings is 1. The fraction of sp³-hybridized carbons (Fsp3) is 0.238. The molecule has 154 valence electrons. The van der Waals surface area contributed by atoms with Gasteiger partial charge in [0.15, 0.2) is 5.13 Å². The molecule has 0 saturated heterocycles. The van der Waals surface area contributed by atoms with E-state index in [0.29, 0.717) is 5.13 Å². The fourth-order valence-electron chi connectivity index (χ4n) is 3.06. The second kappa shape index (κ2) is 8.45. The molecule has 0 fully saturated rings. The topological polar surface area (TPSA) is 74.7 Å². The number of nitrogens with one attached hydrogen (secondary N) is 1. The normalized spacial score (nSPS) is 14.0. The molecule has 0 atom stereocenters. The van der Waals surface area contributed by atoms with Crippen molar-refractivity contribution in [3.8, 4) is 10.6 Å². The van der Waals surface area contributed by atoms with Gasteiger partial charge in [0, 0.05) is 22.6 Å². The predicted molar refractivity (Wildman–Crippen MR) is 117 cm³/mol. The third-order valence-corrected chi connectivity index (χ3v) is 6.50. The first-order valence-electron chi connectivity index (χ1n) is 9.37. The zero-order valence-electron chi connectivity index (χ0n) is 16.4. The Morgan fingerprint density at radius 2 is 1.90 bits per heavy atom. The minimum atomic E-state index is -0.366. The number of hydrogen-bond donors (Lipinski definition) is 1. The van der Waals surface area contributed by atoms with E-state index in [0.717, 1.165) is 21.0 Å². The number of anilines is 1. The molecular formula is C21H19FN4O2S2. The van der Waals surface area contributed by atoms with Crippen LogP contribution in [-0.4, -0.2) is 27.5 Å². The van der Waals surface area contributed by atoms with Crippen molar-refractivity contribution in [3.63, 3.8) is 0 Å². The van der Waals surface area contributed by atoms with Gasteiger partial charge in [-0.2, -0.15) is 5.10 Å². The Balaban J connectivity index is 1.48. The second-order valence-electron chi connectivity index (χ2n) is 6.91. The van der Waals surface area contributed by atoms with Gasteiger partial charge in [0.1, 0.15) is 11.5 Å². The minimum absolute atomic E-state index is 0.170. The molecule has 3 aromatic rings. The summed E-state index contributed by atoms with van der Waals surface area (Å²) in [6.07, 6.45) is 0.468. The predicted octanol–water partition coefficient (Wildman–Crippen LogP) is 4.74. The van der Waals surface area contributed by atoms with E-state index in [1.54, 1.807) is 23.5 Å². The van der Waals surface area contributed by atoms with Crippen LogP contribution in [0.1, 0.15) is 28.2 Å². The van der Waals surface area contributed by atoms with Crippen LogP contribution in [-0.2, 0) is 16.1 Å². The molecule has 9 heteroatoms. The van der Waals surface area contributed by atoms with Crippen LogP contribution in [0.5, 0.6) is 0 Å². The molecule has 0 radical (unpaired) electrons. The van der Waals surface area contributed by atoms with E-state index in [-0.39, 0.29) is 42.7 Å². The molecule has 4 rings (SSSR count). The number of amides is 2. The quantitative estimate of drug-likeness (QED) is 0.620. The molecule has 1 aliphatic heterocycles. The third kappa shape index (κ3) is 4.47. The van der Waals surface area contributed by atoms with Gasteiger partial charge in [0.2, 0.25) is 5.91 Å². The lowest BCUT2D eigenvalue weighted by atomic mass is 10.1. The Morgan fingerprint density at radius 3 is 2.60 bits per heavy atom. The Bertz CT molecular complexity index is 1130. The van der Waals surface area contributed by atoms with Crippen molar-refractivity contribution in [3.05, 3.63) is 57.5 Å². The number of benzene rings is 1.